The smallest absolute Gasteiger partial charge is 0.125 e. The number of furan rings is 1. The maximum Gasteiger partial charge on any atom is 0.125 e. The van der Waals surface area contributed by atoms with E-state index in [0.717, 1.165) is 37.5 Å². The van der Waals surface area contributed by atoms with Crippen molar-refractivity contribution in [1.82, 2.24) is 10.2 Å². The highest BCUT2D eigenvalue weighted by Gasteiger charge is 2.25. The summed E-state index contributed by atoms with van der Waals surface area (Å²) in [5, 5.41) is 3.34. The van der Waals surface area contributed by atoms with Gasteiger partial charge in [-0.05, 0) is 29.8 Å². The molecule has 1 aliphatic rings. The fourth-order valence-electron chi connectivity index (χ4n) is 2.59. The Balaban J connectivity index is 1.93. The zero-order chi connectivity index (χ0) is 13.1. The van der Waals surface area contributed by atoms with Crippen molar-refractivity contribution < 1.29 is 8.81 Å². The largest absolute Gasteiger partial charge is 0.467 e. The lowest BCUT2D eigenvalue weighted by Gasteiger charge is -2.34. The van der Waals surface area contributed by atoms with Crippen LogP contribution in [0.4, 0.5) is 4.39 Å². The zero-order valence-electron chi connectivity index (χ0n) is 10.7. The van der Waals surface area contributed by atoms with Crippen LogP contribution in [0.25, 0.3) is 0 Å². The first-order chi connectivity index (χ1) is 9.34. The summed E-state index contributed by atoms with van der Waals surface area (Å²) >= 11 is 0. The fraction of sp³-hybridized carbons (Fsp3) is 0.333. The molecule has 1 aromatic carbocycles. The molecule has 1 unspecified atom stereocenters. The van der Waals surface area contributed by atoms with E-state index in [1.54, 1.807) is 6.26 Å². The van der Waals surface area contributed by atoms with Crippen molar-refractivity contribution in [2.24, 2.45) is 0 Å². The Labute approximate surface area is 112 Å². The topological polar surface area (TPSA) is 28.4 Å². The third-order valence-corrected chi connectivity index (χ3v) is 3.52. The van der Waals surface area contributed by atoms with Gasteiger partial charge < -0.3 is 9.73 Å². The van der Waals surface area contributed by atoms with E-state index in [1.165, 1.54) is 12.1 Å². The molecular weight excluding hydrogens is 243 g/mol. The molecule has 0 saturated carbocycles. The highest BCUT2D eigenvalue weighted by atomic mass is 19.1. The summed E-state index contributed by atoms with van der Waals surface area (Å²) in [5.74, 6) is 0.704. The van der Waals surface area contributed by atoms with Crippen LogP contribution in [-0.2, 0) is 0 Å². The summed E-state index contributed by atoms with van der Waals surface area (Å²) in [4.78, 5) is 2.36. The molecule has 100 valence electrons. The summed E-state index contributed by atoms with van der Waals surface area (Å²) in [7, 11) is 0. The number of rotatable bonds is 3. The minimum Gasteiger partial charge on any atom is -0.467 e. The van der Waals surface area contributed by atoms with Crippen molar-refractivity contribution in [3.63, 3.8) is 0 Å². The van der Waals surface area contributed by atoms with Gasteiger partial charge in [0.15, 0.2) is 0 Å². The number of nitrogens with one attached hydrogen (secondary N) is 1. The van der Waals surface area contributed by atoms with Crippen molar-refractivity contribution in [2.45, 2.75) is 6.04 Å². The predicted octanol–water partition coefficient (Wildman–Crippen LogP) is 2.41. The number of hydrogen-bond acceptors (Lipinski definition) is 3. The van der Waals surface area contributed by atoms with E-state index in [-0.39, 0.29) is 11.9 Å². The van der Waals surface area contributed by atoms with Gasteiger partial charge in [0.1, 0.15) is 11.6 Å². The van der Waals surface area contributed by atoms with Gasteiger partial charge >= 0.3 is 0 Å². The second-order valence-corrected chi connectivity index (χ2v) is 4.76. The first-order valence-electron chi connectivity index (χ1n) is 6.58. The van der Waals surface area contributed by atoms with Crippen molar-refractivity contribution in [2.75, 3.05) is 26.2 Å². The molecule has 1 N–H and O–H groups in total. The second-order valence-electron chi connectivity index (χ2n) is 4.76. The van der Waals surface area contributed by atoms with Crippen molar-refractivity contribution in [1.29, 1.82) is 0 Å². The Morgan fingerprint density at radius 2 is 1.84 bits per heavy atom. The Morgan fingerprint density at radius 3 is 2.47 bits per heavy atom. The summed E-state index contributed by atoms with van der Waals surface area (Å²) < 4.78 is 18.7. The van der Waals surface area contributed by atoms with Crippen LogP contribution in [0, 0.1) is 5.82 Å². The third-order valence-electron chi connectivity index (χ3n) is 3.52. The molecular formula is C15H17FN2O. The number of halogens is 1. The molecule has 1 fully saturated rings. The van der Waals surface area contributed by atoms with Crippen molar-refractivity contribution >= 4 is 0 Å². The van der Waals surface area contributed by atoms with Gasteiger partial charge in [-0.2, -0.15) is 0 Å². The lowest BCUT2D eigenvalue weighted by molar-refractivity contribution is 0.180. The molecule has 2 aromatic rings. The van der Waals surface area contributed by atoms with Crippen LogP contribution in [0.3, 0.4) is 0 Å². The van der Waals surface area contributed by atoms with Crippen LogP contribution in [0.5, 0.6) is 0 Å². The minimum absolute atomic E-state index is 0.0673. The Hall–Kier alpha value is -1.65. The van der Waals surface area contributed by atoms with Crippen LogP contribution >= 0.6 is 0 Å². The van der Waals surface area contributed by atoms with E-state index in [4.69, 9.17) is 4.42 Å². The molecule has 2 heterocycles. The SMILES string of the molecule is Fc1ccc(C(c2ccco2)N2CCNCC2)cc1. The number of benzene rings is 1. The lowest BCUT2D eigenvalue weighted by atomic mass is 10.0. The molecule has 4 heteroatoms. The maximum atomic E-state index is 13.1. The third kappa shape index (κ3) is 2.69. The van der Waals surface area contributed by atoms with Gasteiger partial charge in [-0.25, -0.2) is 4.39 Å². The van der Waals surface area contributed by atoms with E-state index in [0.29, 0.717) is 0 Å². The Kier molecular flexibility index (Phi) is 3.62. The Bertz CT molecular complexity index is 503. The van der Waals surface area contributed by atoms with E-state index in [9.17, 15) is 4.39 Å². The quantitative estimate of drug-likeness (QED) is 0.918. The molecule has 1 aliphatic heterocycles. The van der Waals surface area contributed by atoms with E-state index in [1.807, 2.05) is 24.3 Å². The molecule has 1 atom stereocenters. The van der Waals surface area contributed by atoms with Gasteiger partial charge in [-0.1, -0.05) is 12.1 Å². The van der Waals surface area contributed by atoms with E-state index < -0.39 is 0 Å². The standard InChI is InChI=1S/C15H17FN2O/c16-13-5-3-12(4-6-13)15(14-2-1-11-19-14)18-9-7-17-8-10-18/h1-6,11,15,17H,7-10H2. The van der Waals surface area contributed by atoms with Crippen LogP contribution in [0.15, 0.2) is 47.1 Å². The first-order valence-corrected chi connectivity index (χ1v) is 6.58. The summed E-state index contributed by atoms with van der Waals surface area (Å²) in [6.45, 7) is 3.86. The monoisotopic (exact) mass is 260 g/mol. The van der Waals surface area contributed by atoms with Gasteiger partial charge in [-0.15, -0.1) is 0 Å². The molecule has 1 aromatic heterocycles. The molecule has 19 heavy (non-hydrogen) atoms. The van der Waals surface area contributed by atoms with E-state index >= 15 is 0 Å². The van der Waals surface area contributed by atoms with Crippen LogP contribution in [0.2, 0.25) is 0 Å². The Morgan fingerprint density at radius 1 is 1.11 bits per heavy atom. The molecule has 0 bridgehead atoms. The summed E-state index contributed by atoms with van der Waals surface area (Å²) in [6, 6.07) is 10.6. The maximum absolute atomic E-state index is 13.1. The summed E-state index contributed by atoms with van der Waals surface area (Å²) in [6.07, 6.45) is 1.69. The molecule has 0 radical (unpaired) electrons. The number of nitrogens with zero attached hydrogens (tertiary/aromatic N) is 1. The van der Waals surface area contributed by atoms with Crippen LogP contribution in [-0.4, -0.2) is 31.1 Å². The molecule has 1 saturated heterocycles. The molecule has 3 rings (SSSR count). The fourth-order valence-corrected chi connectivity index (χ4v) is 2.59. The van der Waals surface area contributed by atoms with Gasteiger partial charge in [0.2, 0.25) is 0 Å². The average molecular weight is 260 g/mol. The highest BCUT2D eigenvalue weighted by molar-refractivity contribution is 5.27. The van der Waals surface area contributed by atoms with Gasteiger partial charge in [0, 0.05) is 26.2 Å². The van der Waals surface area contributed by atoms with Crippen molar-refractivity contribution in [3.05, 3.63) is 59.8 Å². The van der Waals surface area contributed by atoms with Crippen LogP contribution in [0.1, 0.15) is 17.4 Å². The van der Waals surface area contributed by atoms with Crippen LogP contribution < -0.4 is 5.32 Å². The highest BCUT2D eigenvalue weighted by Crippen LogP contribution is 2.29. The van der Waals surface area contributed by atoms with Gasteiger partial charge in [0.05, 0.1) is 12.3 Å². The van der Waals surface area contributed by atoms with Gasteiger partial charge in [0.25, 0.3) is 0 Å². The predicted molar refractivity (Wildman–Crippen MR) is 71.4 cm³/mol. The van der Waals surface area contributed by atoms with Crippen molar-refractivity contribution in [3.8, 4) is 0 Å². The lowest BCUT2D eigenvalue weighted by Crippen LogP contribution is -2.45. The average Bonchev–Trinajstić information content (AvgIpc) is 2.96. The molecule has 0 aliphatic carbocycles. The first kappa shape index (κ1) is 12.4. The second kappa shape index (κ2) is 5.55. The molecule has 3 nitrogen and oxygen atoms in total. The molecule has 0 spiro atoms. The number of piperazine rings is 1. The number of hydrogen-bond donors (Lipinski definition) is 1. The zero-order valence-corrected chi connectivity index (χ0v) is 10.7. The minimum atomic E-state index is -0.206. The van der Waals surface area contributed by atoms with E-state index in [2.05, 4.69) is 10.2 Å². The normalized spacial score (nSPS) is 18.4. The summed E-state index contributed by atoms with van der Waals surface area (Å²) in [5.41, 5.74) is 1.07. The molecule has 0 amide bonds. The van der Waals surface area contributed by atoms with Gasteiger partial charge in [-0.3, -0.25) is 4.90 Å².